The first kappa shape index (κ1) is 18.2. The molecule has 0 bridgehead atoms. The van der Waals surface area contributed by atoms with Crippen LogP contribution in [0.2, 0.25) is 0 Å². The summed E-state index contributed by atoms with van der Waals surface area (Å²) in [6, 6.07) is 3.36. The van der Waals surface area contributed by atoms with Crippen molar-refractivity contribution >= 4 is 12.4 Å². The van der Waals surface area contributed by atoms with Crippen molar-refractivity contribution in [1.29, 1.82) is 0 Å². The standard InChI is InChI=1S/C17H25N3O4/c1-17(2,3)24-16(22)20-8-6-19(7-9-20)10-11-23-15-5-4-14(13-21)18-12-15/h4-5,12-13H,6-11H2,1-3H3. The van der Waals surface area contributed by atoms with Gasteiger partial charge in [-0.2, -0.15) is 0 Å². The van der Waals surface area contributed by atoms with Crippen molar-refractivity contribution in [3.8, 4) is 5.75 Å². The number of nitrogens with zero attached hydrogens (tertiary/aromatic N) is 3. The zero-order chi connectivity index (χ0) is 17.6. The monoisotopic (exact) mass is 335 g/mol. The van der Waals surface area contributed by atoms with Gasteiger partial charge < -0.3 is 14.4 Å². The lowest BCUT2D eigenvalue weighted by Crippen LogP contribution is -2.50. The predicted molar refractivity (Wildman–Crippen MR) is 89.4 cm³/mol. The van der Waals surface area contributed by atoms with Gasteiger partial charge in [0.05, 0.1) is 6.20 Å². The second-order valence-corrected chi connectivity index (χ2v) is 6.69. The number of rotatable bonds is 5. The molecule has 0 N–H and O–H groups in total. The Morgan fingerprint density at radius 3 is 2.50 bits per heavy atom. The Morgan fingerprint density at radius 2 is 1.96 bits per heavy atom. The number of hydrogen-bond acceptors (Lipinski definition) is 6. The molecule has 7 nitrogen and oxygen atoms in total. The second kappa shape index (κ2) is 8.10. The Kier molecular flexibility index (Phi) is 6.14. The predicted octanol–water partition coefficient (Wildman–Crippen LogP) is 1.83. The van der Waals surface area contributed by atoms with Crippen LogP contribution >= 0.6 is 0 Å². The van der Waals surface area contributed by atoms with Crippen LogP contribution in [0, 0.1) is 0 Å². The summed E-state index contributed by atoms with van der Waals surface area (Å²) < 4.78 is 11.0. The minimum Gasteiger partial charge on any atom is -0.491 e. The van der Waals surface area contributed by atoms with Gasteiger partial charge in [0.25, 0.3) is 0 Å². The number of ether oxygens (including phenoxy) is 2. The molecule has 1 aliphatic rings. The number of pyridine rings is 1. The average molecular weight is 335 g/mol. The van der Waals surface area contributed by atoms with E-state index < -0.39 is 5.60 Å². The van der Waals surface area contributed by atoms with Crippen LogP contribution in [0.15, 0.2) is 18.3 Å². The highest BCUT2D eigenvalue weighted by Crippen LogP contribution is 2.12. The summed E-state index contributed by atoms with van der Waals surface area (Å²) in [6.45, 7) is 9.83. The Labute approximate surface area is 142 Å². The van der Waals surface area contributed by atoms with Crippen molar-refractivity contribution in [3.05, 3.63) is 24.0 Å². The molecular weight excluding hydrogens is 310 g/mol. The van der Waals surface area contributed by atoms with Gasteiger partial charge in [-0.1, -0.05) is 0 Å². The second-order valence-electron chi connectivity index (χ2n) is 6.69. The van der Waals surface area contributed by atoms with Crippen LogP contribution in [0.1, 0.15) is 31.3 Å². The van der Waals surface area contributed by atoms with Gasteiger partial charge >= 0.3 is 6.09 Å². The highest BCUT2D eigenvalue weighted by molar-refractivity contribution is 5.71. The van der Waals surface area contributed by atoms with Crippen molar-refractivity contribution in [2.75, 3.05) is 39.3 Å². The van der Waals surface area contributed by atoms with Gasteiger partial charge in [-0.3, -0.25) is 9.69 Å². The number of amides is 1. The van der Waals surface area contributed by atoms with E-state index in [0.29, 0.717) is 37.4 Å². The van der Waals surface area contributed by atoms with E-state index in [1.807, 2.05) is 20.8 Å². The zero-order valence-corrected chi connectivity index (χ0v) is 14.5. The minimum absolute atomic E-state index is 0.250. The highest BCUT2D eigenvalue weighted by atomic mass is 16.6. The lowest BCUT2D eigenvalue weighted by molar-refractivity contribution is 0.0137. The molecule has 1 amide bonds. The Morgan fingerprint density at radius 1 is 1.25 bits per heavy atom. The van der Waals surface area contributed by atoms with Gasteiger partial charge in [-0.05, 0) is 32.9 Å². The maximum absolute atomic E-state index is 12.0. The smallest absolute Gasteiger partial charge is 0.410 e. The quantitative estimate of drug-likeness (QED) is 0.765. The molecule has 0 spiro atoms. The highest BCUT2D eigenvalue weighted by Gasteiger charge is 2.25. The van der Waals surface area contributed by atoms with E-state index in [2.05, 4.69) is 9.88 Å². The van der Waals surface area contributed by atoms with E-state index >= 15 is 0 Å². The van der Waals surface area contributed by atoms with Gasteiger partial charge in [-0.25, -0.2) is 9.78 Å². The van der Waals surface area contributed by atoms with Crippen molar-refractivity contribution in [2.45, 2.75) is 26.4 Å². The largest absolute Gasteiger partial charge is 0.491 e. The summed E-state index contributed by atoms with van der Waals surface area (Å²) in [5.74, 6) is 0.646. The summed E-state index contributed by atoms with van der Waals surface area (Å²) in [7, 11) is 0. The number of carbonyl (C=O) groups excluding carboxylic acids is 2. The first-order chi connectivity index (χ1) is 11.4. The fourth-order valence-corrected chi connectivity index (χ4v) is 2.32. The van der Waals surface area contributed by atoms with Crippen LogP contribution in [0.4, 0.5) is 4.79 Å². The molecule has 2 heterocycles. The summed E-state index contributed by atoms with van der Waals surface area (Å²) in [6.07, 6.45) is 2.00. The van der Waals surface area contributed by atoms with Crippen molar-refractivity contribution in [3.63, 3.8) is 0 Å². The third-order valence-electron chi connectivity index (χ3n) is 3.58. The van der Waals surface area contributed by atoms with E-state index in [1.54, 1.807) is 23.2 Å². The average Bonchev–Trinajstić information content (AvgIpc) is 2.54. The van der Waals surface area contributed by atoms with Crippen LogP contribution in [0.5, 0.6) is 5.75 Å². The number of aldehydes is 1. The molecule has 7 heteroatoms. The molecular formula is C17H25N3O4. The Bertz CT molecular complexity index is 546. The minimum atomic E-state index is -0.463. The molecule has 1 saturated heterocycles. The lowest BCUT2D eigenvalue weighted by atomic mass is 10.2. The molecule has 1 aliphatic heterocycles. The Hall–Kier alpha value is -2.15. The van der Waals surface area contributed by atoms with Crippen molar-refractivity contribution in [1.82, 2.24) is 14.8 Å². The molecule has 0 saturated carbocycles. The van der Waals surface area contributed by atoms with Crippen LogP contribution in [0.25, 0.3) is 0 Å². The number of hydrogen-bond donors (Lipinski definition) is 0. The zero-order valence-electron chi connectivity index (χ0n) is 14.5. The first-order valence-corrected chi connectivity index (χ1v) is 8.12. The Balaban J connectivity index is 1.67. The lowest BCUT2D eigenvalue weighted by Gasteiger charge is -2.35. The van der Waals surface area contributed by atoms with E-state index in [-0.39, 0.29) is 6.09 Å². The SMILES string of the molecule is CC(C)(C)OC(=O)N1CCN(CCOc2ccc(C=O)nc2)CC1. The first-order valence-electron chi connectivity index (χ1n) is 8.12. The molecule has 1 aromatic rings. The van der Waals surface area contributed by atoms with E-state index in [9.17, 15) is 9.59 Å². The van der Waals surface area contributed by atoms with Gasteiger partial charge in [0.15, 0.2) is 6.29 Å². The summed E-state index contributed by atoms with van der Waals surface area (Å²) in [4.78, 5) is 30.5. The molecule has 132 valence electrons. The molecule has 1 fully saturated rings. The topological polar surface area (TPSA) is 72.0 Å². The molecule has 24 heavy (non-hydrogen) atoms. The molecule has 0 unspecified atom stereocenters. The van der Waals surface area contributed by atoms with Gasteiger partial charge in [0.2, 0.25) is 0 Å². The number of piperazine rings is 1. The fraction of sp³-hybridized carbons (Fsp3) is 0.588. The number of aromatic nitrogens is 1. The van der Waals surface area contributed by atoms with E-state index in [0.717, 1.165) is 19.6 Å². The third kappa shape index (κ3) is 5.81. The normalized spacial score (nSPS) is 15.9. The maximum atomic E-state index is 12.0. The van der Waals surface area contributed by atoms with Gasteiger partial charge in [0.1, 0.15) is 23.7 Å². The van der Waals surface area contributed by atoms with Gasteiger partial charge in [-0.15, -0.1) is 0 Å². The maximum Gasteiger partial charge on any atom is 0.410 e. The number of carbonyl (C=O) groups is 2. The summed E-state index contributed by atoms with van der Waals surface area (Å²) in [5.41, 5.74) is -0.0733. The molecule has 0 radical (unpaired) electrons. The fourth-order valence-electron chi connectivity index (χ4n) is 2.32. The third-order valence-corrected chi connectivity index (χ3v) is 3.58. The summed E-state index contributed by atoms with van der Waals surface area (Å²) in [5, 5.41) is 0. The van der Waals surface area contributed by atoms with Gasteiger partial charge in [0, 0.05) is 32.7 Å². The van der Waals surface area contributed by atoms with Crippen molar-refractivity contribution in [2.24, 2.45) is 0 Å². The molecule has 0 aromatic carbocycles. The van der Waals surface area contributed by atoms with Crippen molar-refractivity contribution < 1.29 is 19.1 Å². The van der Waals surface area contributed by atoms with Crippen LogP contribution < -0.4 is 4.74 Å². The summed E-state index contributed by atoms with van der Waals surface area (Å²) >= 11 is 0. The van der Waals surface area contributed by atoms with Crippen LogP contribution in [0.3, 0.4) is 0 Å². The molecule has 2 rings (SSSR count). The molecule has 0 aliphatic carbocycles. The van der Waals surface area contributed by atoms with Crippen LogP contribution in [-0.2, 0) is 4.74 Å². The van der Waals surface area contributed by atoms with E-state index in [4.69, 9.17) is 9.47 Å². The van der Waals surface area contributed by atoms with Crippen LogP contribution in [-0.4, -0.2) is 72.1 Å². The molecule has 1 aromatic heterocycles. The molecule has 0 atom stereocenters. The van der Waals surface area contributed by atoms with E-state index in [1.165, 1.54) is 0 Å².